The summed E-state index contributed by atoms with van der Waals surface area (Å²) < 4.78 is 5.79. The van der Waals surface area contributed by atoms with Gasteiger partial charge in [-0.3, -0.25) is 0 Å². The SMILES string of the molecule is Cc1nc(N)nc(NC(C)c2ccc(Oc3ccccc3)cc2)n1. The van der Waals surface area contributed by atoms with Crippen LogP contribution in [0.25, 0.3) is 0 Å². The molecule has 0 aliphatic carbocycles. The predicted molar refractivity (Wildman–Crippen MR) is 94.0 cm³/mol. The Labute approximate surface area is 140 Å². The Bertz CT molecular complexity index is 785. The van der Waals surface area contributed by atoms with Gasteiger partial charge in [0, 0.05) is 0 Å². The first-order chi connectivity index (χ1) is 11.6. The molecule has 0 bridgehead atoms. The van der Waals surface area contributed by atoms with Crippen molar-refractivity contribution in [2.45, 2.75) is 19.9 Å². The van der Waals surface area contributed by atoms with E-state index in [0.717, 1.165) is 17.1 Å². The van der Waals surface area contributed by atoms with Gasteiger partial charge in [0.25, 0.3) is 0 Å². The zero-order chi connectivity index (χ0) is 16.9. The highest BCUT2D eigenvalue weighted by Crippen LogP contribution is 2.24. The first-order valence-electron chi connectivity index (χ1n) is 7.68. The van der Waals surface area contributed by atoms with Gasteiger partial charge in [-0.05, 0) is 43.7 Å². The van der Waals surface area contributed by atoms with E-state index in [9.17, 15) is 0 Å². The molecule has 0 spiro atoms. The highest BCUT2D eigenvalue weighted by Gasteiger charge is 2.09. The summed E-state index contributed by atoms with van der Waals surface area (Å²) in [6, 6.07) is 17.6. The monoisotopic (exact) mass is 321 g/mol. The average Bonchev–Trinajstić information content (AvgIpc) is 2.55. The number of hydrogen-bond donors (Lipinski definition) is 2. The molecule has 2 aromatic carbocycles. The Morgan fingerprint density at radius 2 is 1.58 bits per heavy atom. The number of aromatic nitrogens is 3. The van der Waals surface area contributed by atoms with Crippen molar-refractivity contribution in [2.75, 3.05) is 11.1 Å². The molecule has 1 heterocycles. The van der Waals surface area contributed by atoms with E-state index in [-0.39, 0.29) is 12.0 Å². The lowest BCUT2D eigenvalue weighted by atomic mass is 10.1. The second kappa shape index (κ2) is 6.95. The molecule has 0 fully saturated rings. The van der Waals surface area contributed by atoms with Crippen molar-refractivity contribution >= 4 is 11.9 Å². The first kappa shape index (κ1) is 15.7. The Hall–Kier alpha value is -3.15. The van der Waals surface area contributed by atoms with Gasteiger partial charge in [-0.25, -0.2) is 0 Å². The summed E-state index contributed by atoms with van der Waals surface area (Å²) in [6.07, 6.45) is 0. The van der Waals surface area contributed by atoms with Crippen LogP contribution in [0.5, 0.6) is 11.5 Å². The van der Waals surface area contributed by atoms with Crippen LogP contribution in [0.1, 0.15) is 24.4 Å². The fraction of sp³-hybridized carbons (Fsp3) is 0.167. The second-order valence-electron chi connectivity index (χ2n) is 5.41. The summed E-state index contributed by atoms with van der Waals surface area (Å²) in [4.78, 5) is 12.3. The van der Waals surface area contributed by atoms with Gasteiger partial charge in [-0.15, -0.1) is 0 Å². The number of benzene rings is 2. The van der Waals surface area contributed by atoms with Crippen molar-refractivity contribution < 1.29 is 4.74 Å². The van der Waals surface area contributed by atoms with E-state index < -0.39 is 0 Å². The largest absolute Gasteiger partial charge is 0.457 e. The molecule has 1 atom stereocenters. The van der Waals surface area contributed by atoms with Crippen LogP contribution in [0.4, 0.5) is 11.9 Å². The van der Waals surface area contributed by atoms with E-state index >= 15 is 0 Å². The zero-order valence-corrected chi connectivity index (χ0v) is 13.6. The summed E-state index contributed by atoms with van der Waals surface area (Å²) in [6.45, 7) is 3.81. The topological polar surface area (TPSA) is 86.0 Å². The molecule has 0 radical (unpaired) electrons. The molecule has 1 unspecified atom stereocenters. The number of aryl methyl sites for hydroxylation is 1. The second-order valence-corrected chi connectivity index (χ2v) is 5.41. The molecule has 3 aromatic rings. The maximum atomic E-state index is 5.79. The summed E-state index contributed by atoms with van der Waals surface area (Å²) in [5, 5.41) is 3.23. The lowest BCUT2D eigenvalue weighted by molar-refractivity contribution is 0.482. The number of rotatable bonds is 5. The van der Waals surface area contributed by atoms with Crippen LogP contribution < -0.4 is 15.8 Å². The standard InChI is InChI=1S/C18H19N5O/c1-12(20-18-22-13(2)21-17(19)23-18)14-8-10-16(11-9-14)24-15-6-4-3-5-7-15/h3-12H,1-2H3,(H3,19,20,21,22,23). The van der Waals surface area contributed by atoms with Crippen molar-refractivity contribution in [3.8, 4) is 11.5 Å². The van der Waals surface area contributed by atoms with Crippen LogP contribution in [0.15, 0.2) is 54.6 Å². The van der Waals surface area contributed by atoms with E-state index in [1.54, 1.807) is 6.92 Å². The molecule has 1 aromatic heterocycles. The van der Waals surface area contributed by atoms with Crippen molar-refractivity contribution in [1.29, 1.82) is 0 Å². The third kappa shape index (κ3) is 3.98. The Morgan fingerprint density at radius 3 is 2.25 bits per heavy atom. The van der Waals surface area contributed by atoms with Gasteiger partial charge in [0.15, 0.2) is 0 Å². The fourth-order valence-corrected chi connectivity index (χ4v) is 2.29. The smallest absolute Gasteiger partial charge is 0.228 e. The minimum absolute atomic E-state index is 0.0250. The van der Waals surface area contributed by atoms with E-state index in [2.05, 4.69) is 20.3 Å². The summed E-state index contributed by atoms with van der Waals surface area (Å²) in [5.41, 5.74) is 6.74. The normalized spacial score (nSPS) is 11.8. The molecule has 3 rings (SSSR count). The maximum absolute atomic E-state index is 5.79. The lowest BCUT2D eigenvalue weighted by Gasteiger charge is -2.15. The Balaban J connectivity index is 1.68. The molecular weight excluding hydrogens is 302 g/mol. The van der Waals surface area contributed by atoms with Crippen LogP contribution in [0, 0.1) is 6.92 Å². The highest BCUT2D eigenvalue weighted by atomic mass is 16.5. The van der Waals surface area contributed by atoms with E-state index in [4.69, 9.17) is 10.5 Å². The minimum Gasteiger partial charge on any atom is -0.457 e. The van der Waals surface area contributed by atoms with Gasteiger partial charge < -0.3 is 15.8 Å². The minimum atomic E-state index is 0.0250. The van der Waals surface area contributed by atoms with Gasteiger partial charge in [-0.1, -0.05) is 30.3 Å². The lowest BCUT2D eigenvalue weighted by Crippen LogP contribution is -2.12. The number of nitrogens with zero attached hydrogens (tertiary/aromatic N) is 3. The third-order valence-electron chi connectivity index (χ3n) is 3.47. The number of nitrogens with two attached hydrogens (primary N) is 1. The van der Waals surface area contributed by atoms with Crippen LogP contribution in [-0.2, 0) is 0 Å². The average molecular weight is 321 g/mol. The number of anilines is 2. The molecule has 0 aliphatic heterocycles. The molecule has 122 valence electrons. The van der Waals surface area contributed by atoms with Crippen LogP contribution in [0.3, 0.4) is 0 Å². The number of para-hydroxylation sites is 1. The van der Waals surface area contributed by atoms with Gasteiger partial charge in [0.2, 0.25) is 11.9 Å². The van der Waals surface area contributed by atoms with Crippen molar-refractivity contribution in [2.24, 2.45) is 0 Å². The quantitative estimate of drug-likeness (QED) is 0.744. The summed E-state index contributed by atoms with van der Waals surface area (Å²) in [7, 11) is 0. The van der Waals surface area contributed by atoms with E-state index in [0.29, 0.717) is 11.8 Å². The molecule has 24 heavy (non-hydrogen) atoms. The van der Waals surface area contributed by atoms with Gasteiger partial charge in [-0.2, -0.15) is 15.0 Å². The molecule has 0 aliphatic rings. The molecular formula is C18H19N5O. The highest BCUT2D eigenvalue weighted by molar-refractivity contribution is 5.38. The molecule has 0 saturated heterocycles. The third-order valence-corrected chi connectivity index (χ3v) is 3.47. The van der Waals surface area contributed by atoms with E-state index in [1.165, 1.54) is 0 Å². The van der Waals surface area contributed by atoms with Gasteiger partial charge >= 0.3 is 0 Å². The molecule has 3 N–H and O–H groups in total. The number of hydrogen-bond acceptors (Lipinski definition) is 6. The van der Waals surface area contributed by atoms with Crippen LogP contribution >= 0.6 is 0 Å². The van der Waals surface area contributed by atoms with E-state index in [1.807, 2.05) is 61.5 Å². The molecule has 6 nitrogen and oxygen atoms in total. The molecule has 0 amide bonds. The summed E-state index contributed by atoms with van der Waals surface area (Å²) in [5.74, 6) is 2.87. The van der Waals surface area contributed by atoms with Crippen LogP contribution in [0.2, 0.25) is 0 Å². The van der Waals surface area contributed by atoms with Gasteiger partial charge in [0.05, 0.1) is 6.04 Å². The van der Waals surface area contributed by atoms with Gasteiger partial charge in [0.1, 0.15) is 17.3 Å². The van der Waals surface area contributed by atoms with Crippen molar-refractivity contribution in [1.82, 2.24) is 15.0 Å². The zero-order valence-electron chi connectivity index (χ0n) is 13.6. The maximum Gasteiger partial charge on any atom is 0.228 e. The number of nitrogen functional groups attached to an aromatic ring is 1. The molecule has 0 saturated carbocycles. The Morgan fingerprint density at radius 1 is 0.917 bits per heavy atom. The Kier molecular flexibility index (Phi) is 4.56. The van der Waals surface area contributed by atoms with Crippen molar-refractivity contribution in [3.63, 3.8) is 0 Å². The van der Waals surface area contributed by atoms with Crippen molar-refractivity contribution in [3.05, 3.63) is 66.0 Å². The summed E-state index contributed by atoms with van der Waals surface area (Å²) >= 11 is 0. The van der Waals surface area contributed by atoms with Crippen LogP contribution in [-0.4, -0.2) is 15.0 Å². The first-order valence-corrected chi connectivity index (χ1v) is 7.68. The number of nitrogens with one attached hydrogen (secondary N) is 1. The number of ether oxygens (including phenoxy) is 1. The molecule has 6 heteroatoms. The predicted octanol–water partition coefficient (Wildman–Crippen LogP) is 3.73. The fourth-order valence-electron chi connectivity index (χ4n) is 2.29.